The zero-order valence-corrected chi connectivity index (χ0v) is 18.4. The summed E-state index contributed by atoms with van der Waals surface area (Å²) >= 11 is 3.45. The normalized spacial score (nSPS) is 11.9. The van der Waals surface area contributed by atoms with Crippen LogP contribution in [0, 0.1) is 0 Å². The van der Waals surface area contributed by atoms with Crippen LogP contribution in [0.15, 0.2) is 33.6 Å². The number of aromatic nitrogens is 3. The number of fused-ring (bicyclic) bond motifs is 1. The number of halogens is 1. The third-order valence-electron chi connectivity index (χ3n) is 4.04. The lowest BCUT2D eigenvalue weighted by molar-refractivity contribution is 0.0594. The van der Waals surface area contributed by atoms with Gasteiger partial charge >= 0.3 is 5.97 Å². The second-order valence-corrected chi connectivity index (χ2v) is 14.0. The molecule has 3 rings (SSSR count). The third-order valence-corrected chi connectivity index (χ3v) is 6.17. The Labute approximate surface area is 166 Å². The van der Waals surface area contributed by atoms with Crippen LogP contribution in [0.5, 0.6) is 0 Å². The molecule has 0 bridgehead atoms. The highest BCUT2D eigenvalue weighted by atomic mass is 79.9. The van der Waals surface area contributed by atoms with Gasteiger partial charge in [0.1, 0.15) is 18.6 Å². The quantitative estimate of drug-likeness (QED) is 0.297. The number of esters is 1. The number of carbonyl (C=O) groups is 1. The van der Waals surface area contributed by atoms with E-state index >= 15 is 0 Å². The van der Waals surface area contributed by atoms with Gasteiger partial charge in [0.15, 0.2) is 5.69 Å². The predicted molar refractivity (Wildman–Crippen MR) is 108 cm³/mol. The Morgan fingerprint density at radius 2 is 2.15 bits per heavy atom. The average Bonchev–Trinajstić information content (AvgIpc) is 3.22. The second-order valence-electron chi connectivity index (χ2n) is 7.41. The van der Waals surface area contributed by atoms with Crippen molar-refractivity contribution in [3.63, 3.8) is 0 Å². The summed E-state index contributed by atoms with van der Waals surface area (Å²) in [4.78, 5) is 20.4. The van der Waals surface area contributed by atoms with Gasteiger partial charge in [0.2, 0.25) is 5.89 Å². The van der Waals surface area contributed by atoms with E-state index in [2.05, 4.69) is 50.3 Å². The van der Waals surface area contributed by atoms with Crippen molar-refractivity contribution in [1.82, 2.24) is 14.5 Å². The maximum Gasteiger partial charge on any atom is 0.360 e. The smallest absolute Gasteiger partial charge is 0.360 e. The minimum atomic E-state index is -1.14. The molecule has 3 heterocycles. The van der Waals surface area contributed by atoms with Crippen molar-refractivity contribution in [3.8, 4) is 11.5 Å². The van der Waals surface area contributed by atoms with E-state index in [1.54, 1.807) is 6.20 Å². The Kier molecular flexibility index (Phi) is 5.83. The molecule has 0 aromatic carbocycles. The monoisotopic (exact) mass is 451 g/mol. The van der Waals surface area contributed by atoms with Gasteiger partial charge in [-0.25, -0.2) is 14.8 Å². The predicted octanol–water partition coefficient (Wildman–Crippen LogP) is 4.55. The average molecular weight is 452 g/mol. The zero-order chi connectivity index (χ0) is 19.6. The Morgan fingerprint density at radius 3 is 2.85 bits per heavy atom. The number of ether oxygens (including phenoxy) is 2. The summed E-state index contributed by atoms with van der Waals surface area (Å²) in [5.74, 6) is -0.205. The van der Waals surface area contributed by atoms with Gasteiger partial charge in [0, 0.05) is 36.9 Å². The lowest BCUT2D eigenvalue weighted by Crippen LogP contribution is -2.22. The van der Waals surface area contributed by atoms with Crippen LogP contribution in [-0.4, -0.2) is 42.3 Å². The Balaban J connectivity index is 1.90. The molecule has 0 aliphatic heterocycles. The maximum atomic E-state index is 11.6. The van der Waals surface area contributed by atoms with Gasteiger partial charge in [0.05, 0.1) is 12.7 Å². The van der Waals surface area contributed by atoms with Crippen LogP contribution in [0.4, 0.5) is 0 Å². The van der Waals surface area contributed by atoms with Gasteiger partial charge in [0.25, 0.3) is 0 Å². The molecule has 3 aromatic rings. The van der Waals surface area contributed by atoms with Crippen molar-refractivity contribution in [2.24, 2.45) is 0 Å². The first-order valence-electron chi connectivity index (χ1n) is 8.55. The standard InChI is InChI=1S/C18H22BrN3O4Si/c1-24-18(23)15-10-26-17(21-15)14-9-22(11-25-5-6-27(2,3)4)16-13(14)7-12(19)8-20-16/h7-10H,5-6,11H2,1-4H3. The molecule has 0 saturated carbocycles. The molecule has 0 atom stereocenters. The SMILES string of the molecule is COC(=O)c1coc(-c2cn(COCC[Si](C)(C)C)c3ncc(Br)cc23)n1. The summed E-state index contributed by atoms with van der Waals surface area (Å²) in [6, 6.07) is 3.04. The van der Waals surface area contributed by atoms with Crippen LogP contribution in [0.25, 0.3) is 22.5 Å². The zero-order valence-electron chi connectivity index (χ0n) is 15.8. The highest BCUT2D eigenvalue weighted by Gasteiger charge is 2.19. The third kappa shape index (κ3) is 4.66. The van der Waals surface area contributed by atoms with Crippen molar-refractivity contribution in [2.75, 3.05) is 13.7 Å². The summed E-state index contributed by atoms with van der Waals surface area (Å²) < 4.78 is 18.8. The molecule has 0 unspecified atom stereocenters. The summed E-state index contributed by atoms with van der Waals surface area (Å²) in [7, 11) is 0.166. The molecular formula is C18H22BrN3O4Si. The number of methoxy groups -OCH3 is 1. The molecular weight excluding hydrogens is 430 g/mol. The summed E-state index contributed by atoms with van der Waals surface area (Å²) in [5, 5.41) is 0.858. The van der Waals surface area contributed by atoms with E-state index in [4.69, 9.17) is 9.15 Å². The molecule has 27 heavy (non-hydrogen) atoms. The van der Waals surface area contributed by atoms with Crippen molar-refractivity contribution in [2.45, 2.75) is 32.4 Å². The van der Waals surface area contributed by atoms with Crippen LogP contribution >= 0.6 is 15.9 Å². The molecule has 9 heteroatoms. The van der Waals surface area contributed by atoms with Crippen LogP contribution in [-0.2, 0) is 16.2 Å². The summed E-state index contributed by atoms with van der Waals surface area (Å²) in [5.41, 5.74) is 1.63. The maximum absolute atomic E-state index is 11.6. The molecule has 3 aromatic heterocycles. The van der Waals surface area contributed by atoms with Crippen molar-refractivity contribution in [1.29, 1.82) is 0 Å². The second kappa shape index (κ2) is 7.95. The van der Waals surface area contributed by atoms with Gasteiger partial charge in [-0.2, -0.15) is 0 Å². The first-order valence-corrected chi connectivity index (χ1v) is 13.0. The summed E-state index contributed by atoms with van der Waals surface area (Å²) in [6.45, 7) is 8.06. The fraction of sp³-hybridized carbons (Fsp3) is 0.389. The van der Waals surface area contributed by atoms with Gasteiger partial charge in [-0.15, -0.1) is 0 Å². The van der Waals surface area contributed by atoms with Crippen molar-refractivity contribution in [3.05, 3.63) is 34.9 Å². The number of hydrogen-bond donors (Lipinski definition) is 0. The number of oxazole rings is 1. The lowest BCUT2D eigenvalue weighted by Gasteiger charge is -2.15. The van der Waals surface area contributed by atoms with Crippen LogP contribution < -0.4 is 0 Å². The largest absolute Gasteiger partial charge is 0.464 e. The molecule has 0 N–H and O–H groups in total. The molecule has 0 spiro atoms. The molecule has 0 saturated heterocycles. The van der Waals surface area contributed by atoms with Gasteiger partial charge in [-0.3, -0.25) is 0 Å². The fourth-order valence-corrected chi connectivity index (χ4v) is 3.64. The van der Waals surface area contributed by atoms with E-state index in [9.17, 15) is 4.79 Å². The van der Waals surface area contributed by atoms with E-state index in [0.29, 0.717) is 19.2 Å². The number of carbonyl (C=O) groups excluding carboxylic acids is 1. The van der Waals surface area contributed by atoms with Gasteiger partial charge < -0.3 is 18.5 Å². The summed E-state index contributed by atoms with van der Waals surface area (Å²) in [6.07, 6.45) is 4.91. The fourth-order valence-electron chi connectivity index (χ4n) is 2.55. The highest BCUT2D eigenvalue weighted by Crippen LogP contribution is 2.31. The van der Waals surface area contributed by atoms with Crippen LogP contribution in [0.1, 0.15) is 10.5 Å². The van der Waals surface area contributed by atoms with E-state index in [0.717, 1.165) is 27.1 Å². The number of nitrogens with zero attached hydrogens (tertiary/aromatic N) is 3. The van der Waals surface area contributed by atoms with Gasteiger partial charge in [-0.05, 0) is 28.0 Å². The van der Waals surface area contributed by atoms with E-state index in [-0.39, 0.29) is 5.69 Å². The van der Waals surface area contributed by atoms with E-state index in [1.165, 1.54) is 13.4 Å². The van der Waals surface area contributed by atoms with Crippen LogP contribution in [0.2, 0.25) is 25.7 Å². The lowest BCUT2D eigenvalue weighted by atomic mass is 10.2. The van der Waals surface area contributed by atoms with Crippen molar-refractivity contribution >= 4 is 41.0 Å². The first-order chi connectivity index (χ1) is 12.8. The molecule has 0 fully saturated rings. The van der Waals surface area contributed by atoms with E-state index in [1.807, 2.05) is 16.8 Å². The minimum absolute atomic E-state index is 0.128. The topological polar surface area (TPSA) is 79.4 Å². The molecule has 0 aliphatic carbocycles. The first kappa shape index (κ1) is 19.8. The molecule has 0 radical (unpaired) electrons. The molecule has 144 valence electrons. The Morgan fingerprint density at radius 1 is 1.37 bits per heavy atom. The number of rotatable bonds is 7. The van der Waals surface area contributed by atoms with Gasteiger partial charge in [-0.1, -0.05) is 19.6 Å². The molecule has 0 aliphatic rings. The van der Waals surface area contributed by atoms with Crippen molar-refractivity contribution < 1.29 is 18.7 Å². The Hall–Kier alpha value is -1.97. The highest BCUT2D eigenvalue weighted by molar-refractivity contribution is 9.10. The Bertz CT molecular complexity index is 961. The van der Waals surface area contributed by atoms with E-state index < -0.39 is 14.0 Å². The number of pyridine rings is 1. The molecule has 7 nitrogen and oxygen atoms in total. The van der Waals surface area contributed by atoms with Crippen LogP contribution in [0.3, 0.4) is 0 Å². The number of hydrogen-bond acceptors (Lipinski definition) is 6. The minimum Gasteiger partial charge on any atom is -0.464 e. The molecule has 0 amide bonds.